The zero-order valence-electron chi connectivity index (χ0n) is 13.5. The van der Waals surface area contributed by atoms with Gasteiger partial charge >= 0.3 is 0 Å². The number of aromatic nitrogens is 2. The molecular weight excluding hydrogens is 331 g/mol. The van der Waals surface area contributed by atoms with Crippen LogP contribution in [0.5, 0.6) is 0 Å². The summed E-state index contributed by atoms with van der Waals surface area (Å²) in [6, 6.07) is 6.04. The maximum absolute atomic E-state index is 12.9. The van der Waals surface area contributed by atoms with Crippen molar-refractivity contribution in [2.45, 2.75) is 37.6 Å². The van der Waals surface area contributed by atoms with Crippen molar-refractivity contribution in [2.75, 3.05) is 0 Å². The van der Waals surface area contributed by atoms with Crippen molar-refractivity contribution in [2.24, 2.45) is 5.92 Å². The molecule has 1 amide bonds. The molecule has 3 rings (SSSR count). The van der Waals surface area contributed by atoms with Gasteiger partial charge in [-0.15, -0.1) is 11.8 Å². The van der Waals surface area contributed by atoms with Crippen LogP contribution < -0.4 is 10.6 Å². The normalized spacial score (nSPS) is 24.0. The molecule has 2 aromatic rings. The number of thioether (sulfide) groups is 1. The number of hydrogen-bond donors (Lipinski definition) is 2. The van der Waals surface area contributed by atoms with Gasteiger partial charge in [-0.2, -0.15) is 4.98 Å². The van der Waals surface area contributed by atoms with Gasteiger partial charge in [0.15, 0.2) is 0 Å². The SMILES string of the molecule is CCC1C(=O)NC(SCc2nc(-c3ccc(F)cc3)no2)NC1C. The maximum Gasteiger partial charge on any atom is 0.237 e. The van der Waals surface area contributed by atoms with Gasteiger partial charge in [-0.1, -0.05) is 12.1 Å². The first-order valence-electron chi connectivity index (χ1n) is 7.83. The number of benzene rings is 1. The van der Waals surface area contributed by atoms with Crippen molar-refractivity contribution >= 4 is 17.7 Å². The second-order valence-electron chi connectivity index (χ2n) is 5.69. The lowest BCUT2D eigenvalue weighted by atomic mass is 9.96. The minimum atomic E-state index is -0.309. The Hall–Kier alpha value is -1.93. The van der Waals surface area contributed by atoms with Gasteiger partial charge in [0, 0.05) is 11.6 Å². The van der Waals surface area contributed by atoms with Crippen LogP contribution in [0.4, 0.5) is 4.39 Å². The van der Waals surface area contributed by atoms with Gasteiger partial charge in [-0.05, 0) is 37.6 Å². The van der Waals surface area contributed by atoms with Crippen molar-refractivity contribution < 1.29 is 13.7 Å². The lowest BCUT2D eigenvalue weighted by Gasteiger charge is -2.34. The number of nitrogens with one attached hydrogen (secondary N) is 2. The molecule has 0 saturated carbocycles. The molecule has 0 spiro atoms. The highest BCUT2D eigenvalue weighted by molar-refractivity contribution is 7.99. The van der Waals surface area contributed by atoms with Crippen LogP contribution in [0.15, 0.2) is 28.8 Å². The van der Waals surface area contributed by atoms with Crippen molar-refractivity contribution in [3.8, 4) is 11.4 Å². The van der Waals surface area contributed by atoms with E-state index < -0.39 is 0 Å². The third-order valence-electron chi connectivity index (χ3n) is 4.01. The fraction of sp³-hybridized carbons (Fsp3) is 0.438. The molecule has 1 aliphatic heterocycles. The molecule has 128 valence electrons. The molecule has 24 heavy (non-hydrogen) atoms. The zero-order chi connectivity index (χ0) is 17.1. The van der Waals surface area contributed by atoms with E-state index in [4.69, 9.17) is 4.52 Å². The Kier molecular flexibility index (Phi) is 5.15. The maximum atomic E-state index is 12.9. The summed E-state index contributed by atoms with van der Waals surface area (Å²) in [5.74, 6) is 1.10. The van der Waals surface area contributed by atoms with Gasteiger partial charge in [0.1, 0.15) is 11.3 Å². The predicted octanol–water partition coefficient (Wildman–Crippen LogP) is 2.53. The molecule has 3 atom stereocenters. The van der Waals surface area contributed by atoms with Gasteiger partial charge in [-0.3, -0.25) is 10.1 Å². The smallest absolute Gasteiger partial charge is 0.237 e. The number of carbonyl (C=O) groups excluding carboxylic acids is 1. The van der Waals surface area contributed by atoms with E-state index in [1.165, 1.54) is 23.9 Å². The quantitative estimate of drug-likeness (QED) is 0.863. The van der Waals surface area contributed by atoms with E-state index in [0.29, 0.717) is 23.0 Å². The Morgan fingerprint density at radius 3 is 2.75 bits per heavy atom. The molecule has 0 bridgehead atoms. The average Bonchev–Trinajstić information content (AvgIpc) is 3.02. The molecule has 8 heteroatoms. The highest BCUT2D eigenvalue weighted by Gasteiger charge is 2.32. The summed E-state index contributed by atoms with van der Waals surface area (Å²) in [5, 5.41) is 10.2. The lowest BCUT2D eigenvalue weighted by molar-refractivity contribution is -0.128. The molecule has 6 nitrogen and oxygen atoms in total. The number of hydrogen-bond acceptors (Lipinski definition) is 6. The van der Waals surface area contributed by atoms with Gasteiger partial charge in [-0.25, -0.2) is 4.39 Å². The van der Waals surface area contributed by atoms with Gasteiger partial charge < -0.3 is 9.84 Å². The van der Waals surface area contributed by atoms with Crippen LogP contribution in [0.2, 0.25) is 0 Å². The fourth-order valence-electron chi connectivity index (χ4n) is 2.67. The Labute approximate surface area is 143 Å². The van der Waals surface area contributed by atoms with Gasteiger partial charge in [0.05, 0.1) is 11.7 Å². The van der Waals surface area contributed by atoms with E-state index >= 15 is 0 Å². The van der Waals surface area contributed by atoms with Gasteiger partial charge in [0.2, 0.25) is 17.6 Å². The summed E-state index contributed by atoms with van der Waals surface area (Å²) in [6.07, 6.45) is 0.808. The van der Waals surface area contributed by atoms with Crippen molar-refractivity contribution in [1.29, 1.82) is 0 Å². The molecule has 1 fully saturated rings. The van der Waals surface area contributed by atoms with E-state index in [1.807, 2.05) is 13.8 Å². The number of halogens is 1. The van der Waals surface area contributed by atoms with Crippen LogP contribution >= 0.6 is 11.8 Å². The summed E-state index contributed by atoms with van der Waals surface area (Å²) >= 11 is 1.48. The van der Waals surface area contributed by atoms with E-state index in [1.54, 1.807) is 12.1 Å². The van der Waals surface area contributed by atoms with E-state index in [9.17, 15) is 9.18 Å². The molecule has 1 saturated heterocycles. The first-order valence-corrected chi connectivity index (χ1v) is 8.88. The van der Waals surface area contributed by atoms with E-state index in [0.717, 1.165) is 6.42 Å². The van der Waals surface area contributed by atoms with Crippen LogP contribution in [0.1, 0.15) is 26.2 Å². The van der Waals surface area contributed by atoms with Crippen LogP contribution in [-0.4, -0.2) is 27.6 Å². The molecule has 0 radical (unpaired) electrons. The van der Waals surface area contributed by atoms with E-state index in [-0.39, 0.29) is 29.2 Å². The largest absolute Gasteiger partial charge is 0.338 e. The Morgan fingerprint density at radius 1 is 1.33 bits per heavy atom. The topological polar surface area (TPSA) is 80.1 Å². The van der Waals surface area contributed by atoms with Crippen LogP contribution in [0.25, 0.3) is 11.4 Å². The number of amides is 1. The number of nitrogens with zero attached hydrogens (tertiary/aromatic N) is 2. The molecule has 1 aromatic heterocycles. The standard InChI is InChI=1S/C16H19FN4O2S/c1-3-12-9(2)18-16(20-15(12)22)24-8-13-19-14(21-23-13)10-4-6-11(17)7-5-10/h4-7,9,12,16,18H,3,8H2,1-2H3,(H,20,22). The molecule has 2 heterocycles. The molecule has 0 aliphatic carbocycles. The first kappa shape index (κ1) is 16.9. The van der Waals surface area contributed by atoms with Crippen LogP contribution in [0, 0.1) is 11.7 Å². The monoisotopic (exact) mass is 350 g/mol. The van der Waals surface area contributed by atoms with Crippen molar-refractivity contribution in [3.63, 3.8) is 0 Å². The fourth-order valence-corrected chi connectivity index (χ4v) is 3.61. The van der Waals surface area contributed by atoms with Crippen molar-refractivity contribution in [3.05, 3.63) is 36.0 Å². The Balaban J connectivity index is 1.58. The summed E-state index contributed by atoms with van der Waals surface area (Å²) in [6.45, 7) is 4.02. The summed E-state index contributed by atoms with van der Waals surface area (Å²) in [7, 11) is 0. The predicted molar refractivity (Wildman–Crippen MR) is 89.3 cm³/mol. The second kappa shape index (κ2) is 7.31. The Morgan fingerprint density at radius 2 is 2.08 bits per heavy atom. The minimum Gasteiger partial charge on any atom is -0.338 e. The third kappa shape index (κ3) is 3.76. The Bertz CT molecular complexity index is 706. The molecule has 2 N–H and O–H groups in total. The van der Waals surface area contributed by atoms with E-state index in [2.05, 4.69) is 20.8 Å². The molecule has 1 aliphatic rings. The summed E-state index contributed by atoms with van der Waals surface area (Å²) in [5.41, 5.74) is 0.511. The lowest BCUT2D eigenvalue weighted by Crippen LogP contribution is -2.58. The highest BCUT2D eigenvalue weighted by atomic mass is 32.2. The first-order chi connectivity index (χ1) is 11.6. The van der Waals surface area contributed by atoms with Crippen LogP contribution in [-0.2, 0) is 10.5 Å². The molecule has 3 unspecified atom stereocenters. The minimum absolute atomic E-state index is 0.00432. The average molecular weight is 350 g/mol. The zero-order valence-corrected chi connectivity index (χ0v) is 14.3. The highest BCUT2D eigenvalue weighted by Crippen LogP contribution is 2.22. The van der Waals surface area contributed by atoms with Crippen LogP contribution in [0.3, 0.4) is 0 Å². The molecule has 1 aromatic carbocycles. The second-order valence-corrected chi connectivity index (χ2v) is 6.78. The molecular formula is C16H19FN4O2S. The van der Waals surface area contributed by atoms with Crippen molar-refractivity contribution in [1.82, 2.24) is 20.8 Å². The number of rotatable bonds is 5. The van der Waals surface area contributed by atoms with Gasteiger partial charge in [0.25, 0.3) is 0 Å². The summed E-state index contributed by atoms with van der Waals surface area (Å²) in [4.78, 5) is 16.3. The third-order valence-corrected chi connectivity index (χ3v) is 5.01. The summed E-state index contributed by atoms with van der Waals surface area (Å²) < 4.78 is 18.2. The number of carbonyl (C=O) groups is 1.